The molecule has 3 heterocycles. The van der Waals surface area contributed by atoms with E-state index in [2.05, 4.69) is 20.6 Å². The van der Waals surface area contributed by atoms with Crippen LogP contribution in [-0.2, 0) is 6.54 Å². The highest BCUT2D eigenvalue weighted by atomic mass is 16.2. The van der Waals surface area contributed by atoms with Gasteiger partial charge in [-0.05, 0) is 48.4 Å². The van der Waals surface area contributed by atoms with Crippen molar-refractivity contribution in [2.75, 3.05) is 5.32 Å². The topological polar surface area (TPSA) is 88.4 Å². The lowest BCUT2D eigenvalue weighted by atomic mass is 10.2. The summed E-state index contributed by atoms with van der Waals surface area (Å²) in [6.45, 7) is 2.27. The average molecular weight is 385 g/mol. The van der Waals surface area contributed by atoms with Crippen LogP contribution in [0.3, 0.4) is 0 Å². The number of hydrogen-bond acceptors (Lipinski definition) is 4. The molecule has 0 spiro atoms. The summed E-state index contributed by atoms with van der Waals surface area (Å²) in [6.07, 6.45) is 5.07. The van der Waals surface area contributed by atoms with Gasteiger partial charge in [0.2, 0.25) is 5.82 Å². The number of pyridine rings is 2. The fourth-order valence-electron chi connectivity index (χ4n) is 3.04. The Kier molecular flexibility index (Phi) is 5.03. The van der Waals surface area contributed by atoms with Crippen molar-refractivity contribution in [1.29, 1.82) is 0 Å². The maximum absolute atomic E-state index is 12.8. The van der Waals surface area contributed by atoms with Gasteiger partial charge in [0.05, 0.1) is 5.52 Å². The Labute approximate surface area is 167 Å². The molecule has 4 rings (SSSR count). The van der Waals surface area contributed by atoms with Crippen molar-refractivity contribution >= 4 is 23.0 Å². The molecule has 3 aromatic heterocycles. The second-order valence-corrected chi connectivity index (χ2v) is 6.61. The minimum Gasteiger partial charge on any atom is -0.345 e. The highest BCUT2D eigenvalue weighted by Crippen LogP contribution is 2.17. The van der Waals surface area contributed by atoms with Crippen molar-refractivity contribution in [1.82, 2.24) is 19.7 Å². The van der Waals surface area contributed by atoms with E-state index in [4.69, 9.17) is 0 Å². The summed E-state index contributed by atoms with van der Waals surface area (Å²) >= 11 is 0. The molecule has 144 valence electrons. The molecule has 0 atom stereocenters. The summed E-state index contributed by atoms with van der Waals surface area (Å²) in [5.41, 5.74) is 3.34. The smallest absolute Gasteiger partial charge is 0.287 e. The van der Waals surface area contributed by atoms with E-state index >= 15 is 0 Å². The second-order valence-electron chi connectivity index (χ2n) is 6.61. The van der Waals surface area contributed by atoms with Crippen LogP contribution in [-0.4, -0.2) is 26.2 Å². The van der Waals surface area contributed by atoms with Crippen LogP contribution in [0.15, 0.2) is 73.2 Å². The first-order valence-electron chi connectivity index (χ1n) is 9.14. The van der Waals surface area contributed by atoms with Crippen LogP contribution in [0.25, 0.3) is 5.52 Å². The molecule has 0 bridgehead atoms. The molecule has 0 unspecified atom stereocenters. The van der Waals surface area contributed by atoms with Gasteiger partial charge in [0.25, 0.3) is 11.8 Å². The quantitative estimate of drug-likeness (QED) is 0.552. The molecule has 2 N–H and O–H groups in total. The van der Waals surface area contributed by atoms with Gasteiger partial charge in [-0.3, -0.25) is 19.0 Å². The molecular weight excluding hydrogens is 366 g/mol. The van der Waals surface area contributed by atoms with Crippen molar-refractivity contribution in [2.45, 2.75) is 13.5 Å². The molecule has 0 radical (unpaired) electrons. The highest BCUT2D eigenvalue weighted by molar-refractivity contribution is 6.09. The molecule has 2 amide bonds. The zero-order valence-corrected chi connectivity index (χ0v) is 15.8. The number of benzene rings is 1. The van der Waals surface area contributed by atoms with Crippen molar-refractivity contribution in [3.05, 3.63) is 95.8 Å². The van der Waals surface area contributed by atoms with Gasteiger partial charge in [0.15, 0.2) is 5.69 Å². The Bertz CT molecular complexity index is 1180. The lowest BCUT2D eigenvalue weighted by Gasteiger charge is -2.04. The normalized spacial score (nSPS) is 10.7. The van der Waals surface area contributed by atoms with Gasteiger partial charge >= 0.3 is 0 Å². The fraction of sp³-hybridized carbons (Fsp3) is 0.0909. The Hall–Kier alpha value is -4.00. The summed E-state index contributed by atoms with van der Waals surface area (Å²) in [5.74, 6) is -0.589. The predicted octanol–water partition coefficient (Wildman–Crippen LogP) is 3.22. The maximum Gasteiger partial charge on any atom is 0.287 e. The minimum absolute atomic E-state index is 0.152. The fourth-order valence-corrected chi connectivity index (χ4v) is 3.04. The number of anilines is 1. The third-order valence-electron chi connectivity index (χ3n) is 4.42. The predicted molar refractivity (Wildman–Crippen MR) is 110 cm³/mol. The third kappa shape index (κ3) is 3.98. The van der Waals surface area contributed by atoms with Crippen molar-refractivity contribution in [3.63, 3.8) is 0 Å². The Morgan fingerprint density at radius 1 is 1.03 bits per heavy atom. The minimum atomic E-state index is -0.371. The lowest BCUT2D eigenvalue weighted by Crippen LogP contribution is -2.25. The number of fused-ring (bicyclic) bond motifs is 1. The van der Waals surface area contributed by atoms with E-state index < -0.39 is 0 Å². The van der Waals surface area contributed by atoms with E-state index in [1.807, 2.05) is 37.3 Å². The van der Waals surface area contributed by atoms with E-state index in [1.165, 1.54) is 0 Å². The number of carbonyl (C=O) groups is 2. The van der Waals surface area contributed by atoms with Crippen LogP contribution in [0.5, 0.6) is 0 Å². The molecule has 0 aliphatic rings. The van der Waals surface area contributed by atoms with Crippen molar-refractivity contribution in [2.24, 2.45) is 0 Å². The number of hydrogen-bond donors (Lipinski definition) is 2. The van der Waals surface area contributed by atoms with Crippen LogP contribution in [0.4, 0.5) is 5.69 Å². The van der Waals surface area contributed by atoms with E-state index in [1.54, 1.807) is 47.3 Å². The van der Waals surface area contributed by atoms with Gasteiger partial charge in [0.1, 0.15) is 0 Å². The number of aryl methyl sites for hydroxylation is 1. The van der Waals surface area contributed by atoms with Crippen LogP contribution < -0.4 is 10.6 Å². The van der Waals surface area contributed by atoms with Gasteiger partial charge in [-0.1, -0.05) is 24.3 Å². The molecule has 0 saturated heterocycles. The summed E-state index contributed by atoms with van der Waals surface area (Å²) < 4.78 is 1.61. The number of rotatable bonds is 5. The summed E-state index contributed by atoms with van der Waals surface area (Å²) in [7, 11) is 0. The summed E-state index contributed by atoms with van der Waals surface area (Å²) in [6, 6.07) is 16.5. The lowest BCUT2D eigenvalue weighted by molar-refractivity contribution is 0.0940. The SMILES string of the molecule is Cc1cccc(NC(=O)c2nc(C(=O)NCc3cccnc3)n3ccccc23)c1. The number of aromatic nitrogens is 3. The summed E-state index contributed by atoms with van der Waals surface area (Å²) in [5, 5.41) is 5.67. The Morgan fingerprint density at radius 3 is 2.72 bits per heavy atom. The molecule has 0 fully saturated rings. The monoisotopic (exact) mass is 385 g/mol. The van der Waals surface area contributed by atoms with Crippen molar-refractivity contribution < 1.29 is 9.59 Å². The zero-order chi connectivity index (χ0) is 20.2. The average Bonchev–Trinajstić information content (AvgIpc) is 3.13. The molecular formula is C22H19N5O2. The molecule has 0 saturated carbocycles. The maximum atomic E-state index is 12.8. The van der Waals surface area contributed by atoms with Crippen LogP contribution >= 0.6 is 0 Å². The Morgan fingerprint density at radius 2 is 1.93 bits per heavy atom. The van der Waals surface area contributed by atoms with Crippen LogP contribution in [0.1, 0.15) is 32.2 Å². The van der Waals surface area contributed by atoms with Gasteiger partial charge in [-0.15, -0.1) is 0 Å². The Balaban J connectivity index is 1.61. The van der Waals surface area contributed by atoms with Crippen LogP contribution in [0, 0.1) is 6.92 Å². The number of nitrogens with zero attached hydrogens (tertiary/aromatic N) is 3. The highest BCUT2D eigenvalue weighted by Gasteiger charge is 2.21. The zero-order valence-electron chi connectivity index (χ0n) is 15.8. The molecule has 0 aliphatic heterocycles. The number of carbonyl (C=O) groups excluding carboxylic acids is 2. The molecule has 1 aromatic carbocycles. The van der Waals surface area contributed by atoms with E-state index in [0.717, 1.165) is 11.1 Å². The number of nitrogens with one attached hydrogen (secondary N) is 2. The number of amides is 2. The van der Waals surface area contributed by atoms with Crippen molar-refractivity contribution in [3.8, 4) is 0 Å². The van der Waals surface area contributed by atoms with Gasteiger partial charge < -0.3 is 10.6 Å². The van der Waals surface area contributed by atoms with E-state index in [9.17, 15) is 9.59 Å². The van der Waals surface area contributed by atoms with Gasteiger partial charge in [-0.2, -0.15) is 0 Å². The van der Waals surface area contributed by atoms with E-state index in [-0.39, 0.29) is 23.3 Å². The molecule has 0 aliphatic carbocycles. The van der Waals surface area contributed by atoms with Crippen LogP contribution in [0.2, 0.25) is 0 Å². The van der Waals surface area contributed by atoms with Gasteiger partial charge in [0, 0.05) is 30.8 Å². The third-order valence-corrected chi connectivity index (χ3v) is 4.42. The molecule has 7 heteroatoms. The summed E-state index contributed by atoms with van der Waals surface area (Å²) in [4.78, 5) is 33.9. The first-order valence-corrected chi connectivity index (χ1v) is 9.14. The van der Waals surface area contributed by atoms with E-state index in [0.29, 0.717) is 17.7 Å². The van der Waals surface area contributed by atoms with Gasteiger partial charge in [-0.25, -0.2) is 4.98 Å². The molecule has 29 heavy (non-hydrogen) atoms. The first kappa shape index (κ1) is 18.4. The standard InChI is InChI=1S/C22H19N5O2/c1-15-6-4-8-17(12-15)25-21(28)19-18-9-2-3-11-27(18)20(26-19)22(29)24-14-16-7-5-10-23-13-16/h2-13H,14H2,1H3,(H,24,29)(H,25,28). The largest absolute Gasteiger partial charge is 0.345 e. The molecule has 7 nitrogen and oxygen atoms in total. The molecule has 4 aromatic rings. The first-order chi connectivity index (χ1) is 14.1. The number of imidazole rings is 1. The second kappa shape index (κ2) is 7.93.